The predicted molar refractivity (Wildman–Crippen MR) is 98.4 cm³/mol. The molecule has 0 spiro atoms. The van der Waals surface area contributed by atoms with Crippen molar-refractivity contribution in [1.82, 2.24) is 4.90 Å². The van der Waals surface area contributed by atoms with Gasteiger partial charge < -0.3 is 15.4 Å². The Balaban J connectivity index is 0.00000220. The van der Waals surface area contributed by atoms with Gasteiger partial charge in [0.1, 0.15) is 5.75 Å². The molecule has 2 rings (SSSR count). The molecule has 1 heterocycles. The summed E-state index contributed by atoms with van der Waals surface area (Å²) in [5.74, 6) is 2.24. The summed E-state index contributed by atoms with van der Waals surface area (Å²) >= 11 is 0. The van der Waals surface area contributed by atoms with Crippen LogP contribution in [-0.4, -0.2) is 31.1 Å². The van der Waals surface area contributed by atoms with E-state index >= 15 is 0 Å². The summed E-state index contributed by atoms with van der Waals surface area (Å²) in [6.07, 6.45) is 2.49. The van der Waals surface area contributed by atoms with Gasteiger partial charge in [0.25, 0.3) is 0 Å². The minimum Gasteiger partial charge on any atom is -0.497 e. The average molecular weight is 403 g/mol. The largest absolute Gasteiger partial charge is 0.497 e. The number of rotatable bonds is 3. The molecule has 0 aromatic heterocycles. The maximum Gasteiger partial charge on any atom is 0.191 e. The number of methoxy groups -OCH3 is 1. The third-order valence-electron chi connectivity index (χ3n) is 3.75. The first-order valence-corrected chi connectivity index (χ1v) is 7.28. The van der Waals surface area contributed by atoms with Crippen LogP contribution >= 0.6 is 24.0 Å². The Morgan fingerprint density at radius 1 is 1.43 bits per heavy atom. The molecule has 118 valence electrons. The molecule has 2 N–H and O–H groups in total. The fourth-order valence-corrected chi connectivity index (χ4v) is 2.70. The van der Waals surface area contributed by atoms with Crippen LogP contribution < -0.4 is 10.5 Å². The summed E-state index contributed by atoms with van der Waals surface area (Å²) in [5.41, 5.74) is 8.43. The van der Waals surface area contributed by atoms with Crippen molar-refractivity contribution in [3.05, 3.63) is 29.3 Å². The molecule has 1 aromatic rings. The summed E-state index contributed by atoms with van der Waals surface area (Å²) in [4.78, 5) is 6.73. The fourth-order valence-electron chi connectivity index (χ4n) is 2.70. The lowest BCUT2D eigenvalue weighted by Crippen LogP contribution is -2.43. The topological polar surface area (TPSA) is 50.9 Å². The highest BCUT2D eigenvalue weighted by Crippen LogP contribution is 2.18. The quantitative estimate of drug-likeness (QED) is 0.479. The van der Waals surface area contributed by atoms with E-state index < -0.39 is 0 Å². The Bertz CT molecular complexity index is 490. The normalized spacial score (nSPS) is 19.1. The lowest BCUT2D eigenvalue weighted by atomic mass is 10.0. The van der Waals surface area contributed by atoms with Crippen LogP contribution in [0.4, 0.5) is 0 Å². The SMILES string of the molecule is COc1cc(C)cc(CN=C(N)N2CCCC(C)C2)c1.I. The highest BCUT2D eigenvalue weighted by atomic mass is 127. The predicted octanol–water partition coefficient (Wildman–Crippen LogP) is 3.17. The minimum absolute atomic E-state index is 0. The molecule has 4 nitrogen and oxygen atoms in total. The highest BCUT2D eigenvalue weighted by Gasteiger charge is 2.17. The molecule has 0 radical (unpaired) electrons. The Labute approximate surface area is 144 Å². The van der Waals surface area contributed by atoms with Crippen molar-refractivity contribution in [2.75, 3.05) is 20.2 Å². The van der Waals surface area contributed by atoms with E-state index in [-0.39, 0.29) is 24.0 Å². The Kier molecular flexibility index (Phi) is 7.28. The number of aliphatic imine (C=N–C) groups is 1. The van der Waals surface area contributed by atoms with Crippen LogP contribution in [0.15, 0.2) is 23.2 Å². The fraction of sp³-hybridized carbons (Fsp3) is 0.562. The van der Waals surface area contributed by atoms with Crippen LogP contribution in [0.2, 0.25) is 0 Å². The van der Waals surface area contributed by atoms with Crippen molar-refractivity contribution in [3.8, 4) is 5.75 Å². The number of aryl methyl sites for hydroxylation is 1. The second-order valence-corrected chi connectivity index (χ2v) is 5.73. The molecule has 5 heteroatoms. The van der Waals surface area contributed by atoms with Crippen LogP contribution in [-0.2, 0) is 6.54 Å². The van der Waals surface area contributed by atoms with Crippen molar-refractivity contribution in [3.63, 3.8) is 0 Å². The van der Waals surface area contributed by atoms with Gasteiger partial charge in [-0.05, 0) is 48.9 Å². The lowest BCUT2D eigenvalue weighted by molar-refractivity contribution is 0.270. The number of hydrogen-bond acceptors (Lipinski definition) is 2. The van der Waals surface area contributed by atoms with Gasteiger partial charge >= 0.3 is 0 Å². The summed E-state index contributed by atoms with van der Waals surface area (Å²) in [6, 6.07) is 6.16. The zero-order valence-electron chi connectivity index (χ0n) is 13.1. The van der Waals surface area contributed by atoms with Crippen LogP contribution in [0.3, 0.4) is 0 Å². The summed E-state index contributed by atoms with van der Waals surface area (Å²) in [6.45, 7) is 6.98. The van der Waals surface area contributed by atoms with E-state index in [0.717, 1.165) is 24.4 Å². The van der Waals surface area contributed by atoms with Crippen molar-refractivity contribution < 1.29 is 4.74 Å². The Morgan fingerprint density at radius 3 is 2.86 bits per heavy atom. The molecule has 1 unspecified atom stereocenters. The second-order valence-electron chi connectivity index (χ2n) is 5.73. The third-order valence-corrected chi connectivity index (χ3v) is 3.75. The summed E-state index contributed by atoms with van der Waals surface area (Å²) in [5, 5.41) is 0. The molecular formula is C16H26IN3O. The molecule has 1 fully saturated rings. The molecule has 0 amide bonds. The molecule has 21 heavy (non-hydrogen) atoms. The van der Waals surface area contributed by atoms with Gasteiger partial charge in [-0.3, -0.25) is 0 Å². The highest BCUT2D eigenvalue weighted by molar-refractivity contribution is 14.0. The van der Waals surface area contributed by atoms with E-state index in [1.165, 1.54) is 18.4 Å². The smallest absolute Gasteiger partial charge is 0.191 e. The third kappa shape index (κ3) is 5.37. The van der Waals surface area contributed by atoms with Gasteiger partial charge in [-0.25, -0.2) is 4.99 Å². The van der Waals surface area contributed by atoms with Gasteiger partial charge in [0.2, 0.25) is 0 Å². The van der Waals surface area contributed by atoms with Crippen molar-refractivity contribution in [2.24, 2.45) is 16.6 Å². The van der Waals surface area contributed by atoms with E-state index in [1.807, 2.05) is 12.1 Å². The van der Waals surface area contributed by atoms with Gasteiger partial charge in [0, 0.05) is 13.1 Å². The van der Waals surface area contributed by atoms with E-state index in [2.05, 4.69) is 29.8 Å². The number of piperidine rings is 1. The molecule has 1 aromatic carbocycles. The van der Waals surface area contributed by atoms with Crippen LogP contribution in [0.25, 0.3) is 0 Å². The monoisotopic (exact) mass is 403 g/mol. The van der Waals surface area contributed by atoms with E-state index in [0.29, 0.717) is 18.4 Å². The van der Waals surface area contributed by atoms with Gasteiger partial charge in [-0.15, -0.1) is 24.0 Å². The first-order chi connectivity index (χ1) is 9.58. The molecule has 1 aliphatic heterocycles. The number of likely N-dealkylation sites (tertiary alicyclic amines) is 1. The van der Waals surface area contributed by atoms with Crippen molar-refractivity contribution in [2.45, 2.75) is 33.2 Å². The summed E-state index contributed by atoms with van der Waals surface area (Å²) < 4.78 is 5.28. The lowest BCUT2D eigenvalue weighted by Gasteiger charge is -2.31. The first kappa shape index (κ1) is 18.1. The number of hydrogen-bond donors (Lipinski definition) is 1. The number of nitrogens with two attached hydrogens (primary N) is 1. The maximum absolute atomic E-state index is 6.11. The number of nitrogens with zero attached hydrogens (tertiary/aromatic N) is 2. The second kappa shape index (κ2) is 8.46. The van der Waals surface area contributed by atoms with Crippen LogP contribution in [0, 0.1) is 12.8 Å². The maximum atomic E-state index is 6.11. The van der Waals surface area contributed by atoms with Gasteiger partial charge in [0.05, 0.1) is 13.7 Å². The van der Waals surface area contributed by atoms with Crippen molar-refractivity contribution in [1.29, 1.82) is 0 Å². The van der Waals surface area contributed by atoms with E-state index in [9.17, 15) is 0 Å². The summed E-state index contributed by atoms with van der Waals surface area (Å²) in [7, 11) is 1.69. The average Bonchev–Trinajstić information content (AvgIpc) is 2.44. The molecule has 1 atom stereocenters. The van der Waals surface area contributed by atoms with Gasteiger partial charge in [-0.2, -0.15) is 0 Å². The zero-order valence-corrected chi connectivity index (χ0v) is 15.5. The number of halogens is 1. The van der Waals surface area contributed by atoms with E-state index in [4.69, 9.17) is 10.5 Å². The number of ether oxygens (including phenoxy) is 1. The van der Waals surface area contributed by atoms with Crippen molar-refractivity contribution >= 4 is 29.9 Å². The van der Waals surface area contributed by atoms with Gasteiger partial charge in [0.15, 0.2) is 5.96 Å². The molecule has 0 aliphatic carbocycles. The first-order valence-electron chi connectivity index (χ1n) is 7.28. The number of benzene rings is 1. The Hall–Kier alpha value is -0.980. The molecule has 1 saturated heterocycles. The standard InChI is InChI=1S/C16H25N3O.HI/c1-12-5-4-6-19(11-12)16(17)18-10-14-7-13(2)8-15(9-14)20-3;/h7-9,12H,4-6,10-11H2,1-3H3,(H2,17,18);1H. The van der Waals surface area contributed by atoms with Crippen LogP contribution in [0.1, 0.15) is 30.9 Å². The molecule has 0 bridgehead atoms. The Morgan fingerprint density at radius 2 is 2.19 bits per heavy atom. The molecule has 1 aliphatic rings. The molecular weight excluding hydrogens is 377 g/mol. The zero-order chi connectivity index (χ0) is 14.5. The minimum atomic E-state index is 0. The van der Waals surface area contributed by atoms with Gasteiger partial charge in [-0.1, -0.05) is 13.0 Å². The molecule has 0 saturated carbocycles. The number of guanidine groups is 1. The van der Waals surface area contributed by atoms with Crippen LogP contribution in [0.5, 0.6) is 5.75 Å². The van der Waals surface area contributed by atoms with E-state index in [1.54, 1.807) is 7.11 Å².